The average molecular weight is 663 g/mol. The molecule has 0 spiro atoms. The number of hydrogen-bond acceptors (Lipinski definition) is 1. The van der Waals surface area contributed by atoms with E-state index < -0.39 is 0 Å². The predicted octanol–water partition coefficient (Wildman–Crippen LogP) is 13.9. The molecule has 9 aromatic carbocycles. The molecule has 0 fully saturated rings. The molecular formula is C50H34N2. The third-order valence-electron chi connectivity index (χ3n) is 10.3. The van der Waals surface area contributed by atoms with Gasteiger partial charge in [0.15, 0.2) is 0 Å². The zero-order valence-corrected chi connectivity index (χ0v) is 28.5. The van der Waals surface area contributed by atoms with Gasteiger partial charge in [0, 0.05) is 27.8 Å². The number of hydrogen-bond donors (Lipinski definition) is 0. The summed E-state index contributed by atoms with van der Waals surface area (Å²) in [7, 11) is 0. The van der Waals surface area contributed by atoms with Crippen LogP contribution < -0.4 is 4.90 Å². The summed E-state index contributed by atoms with van der Waals surface area (Å²) >= 11 is 0. The van der Waals surface area contributed by atoms with Crippen LogP contribution in [-0.2, 0) is 0 Å². The Morgan fingerprint density at radius 2 is 0.885 bits per heavy atom. The fraction of sp³-hybridized carbons (Fsp3) is 0. The molecule has 0 atom stereocenters. The Kier molecular flexibility index (Phi) is 7.18. The van der Waals surface area contributed by atoms with Gasteiger partial charge in [-0.05, 0) is 117 Å². The summed E-state index contributed by atoms with van der Waals surface area (Å²) in [6.07, 6.45) is 0. The molecule has 0 amide bonds. The van der Waals surface area contributed by atoms with Crippen molar-refractivity contribution in [2.45, 2.75) is 0 Å². The van der Waals surface area contributed by atoms with Gasteiger partial charge in [0.2, 0.25) is 0 Å². The molecule has 0 bridgehead atoms. The summed E-state index contributed by atoms with van der Waals surface area (Å²) in [6.45, 7) is 0. The van der Waals surface area contributed by atoms with Gasteiger partial charge in [-0.25, -0.2) is 0 Å². The fourth-order valence-electron chi connectivity index (χ4n) is 7.83. The quantitative estimate of drug-likeness (QED) is 0.172. The monoisotopic (exact) mass is 662 g/mol. The van der Waals surface area contributed by atoms with Gasteiger partial charge in [-0.3, -0.25) is 0 Å². The molecule has 0 aliphatic rings. The highest BCUT2D eigenvalue weighted by Gasteiger charge is 2.21. The molecule has 0 radical (unpaired) electrons. The molecule has 1 aromatic heterocycles. The van der Waals surface area contributed by atoms with Gasteiger partial charge in [0.25, 0.3) is 0 Å². The Morgan fingerprint density at radius 3 is 1.63 bits per heavy atom. The molecule has 2 heteroatoms. The summed E-state index contributed by atoms with van der Waals surface area (Å²) in [6, 6.07) is 74.7. The van der Waals surface area contributed by atoms with Crippen LogP contribution in [-0.4, -0.2) is 4.57 Å². The SMILES string of the molecule is c1ccc(-c2ccc3ccc(-c4ccc5cc(N(c6ccccc6)c6cccc7c6c6ccccc6n7-c6ccccc6)ccc5c4)cc3c2)cc1. The third kappa shape index (κ3) is 5.12. The number of para-hydroxylation sites is 3. The lowest BCUT2D eigenvalue weighted by Crippen LogP contribution is -2.10. The van der Waals surface area contributed by atoms with E-state index in [2.05, 4.69) is 216 Å². The van der Waals surface area contributed by atoms with Crippen LogP contribution >= 0.6 is 0 Å². The average Bonchev–Trinajstić information content (AvgIpc) is 3.56. The molecule has 0 aliphatic heterocycles. The standard InChI is InChI=1S/C50H34N2/c1-4-13-35(14-5-1)37-25-23-36-24-26-39(33-42(36)32-37)38-27-28-41-34-45(30-29-40(41)31-38)51(43-15-6-2-7-16-43)48-21-12-22-49-50(48)46-19-10-11-20-47(46)52(49)44-17-8-3-9-18-44/h1-34H. The zero-order valence-electron chi connectivity index (χ0n) is 28.5. The summed E-state index contributed by atoms with van der Waals surface area (Å²) in [5, 5.41) is 7.37. The van der Waals surface area contributed by atoms with E-state index in [1.807, 2.05) is 0 Å². The second-order valence-electron chi connectivity index (χ2n) is 13.4. The maximum atomic E-state index is 2.41. The van der Waals surface area contributed by atoms with Crippen LogP contribution in [0.5, 0.6) is 0 Å². The van der Waals surface area contributed by atoms with E-state index >= 15 is 0 Å². The number of benzene rings is 9. The van der Waals surface area contributed by atoms with Crippen LogP contribution in [0.4, 0.5) is 17.1 Å². The van der Waals surface area contributed by atoms with Crippen molar-refractivity contribution in [3.8, 4) is 27.9 Å². The van der Waals surface area contributed by atoms with Crippen molar-refractivity contribution in [2.24, 2.45) is 0 Å². The molecule has 0 saturated carbocycles. The van der Waals surface area contributed by atoms with Crippen molar-refractivity contribution in [1.82, 2.24) is 4.57 Å². The molecular weight excluding hydrogens is 629 g/mol. The number of anilines is 3. The van der Waals surface area contributed by atoms with Crippen LogP contribution in [0.25, 0.3) is 71.3 Å². The Morgan fingerprint density at radius 1 is 0.327 bits per heavy atom. The Labute approximate surface area is 303 Å². The van der Waals surface area contributed by atoms with Gasteiger partial charge in [0.1, 0.15) is 0 Å². The van der Waals surface area contributed by atoms with Gasteiger partial charge in [-0.2, -0.15) is 0 Å². The van der Waals surface area contributed by atoms with Crippen LogP contribution in [0.3, 0.4) is 0 Å². The molecule has 0 N–H and O–H groups in total. The van der Waals surface area contributed by atoms with Gasteiger partial charge < -0.3 is 9.47 Å². The summed E-state index contributed by atoms with van der Waals surface area (Å²) in [4.78, 5) is 2.41. The molecule has 0 unspecified atom stereocenters. The highest BCUT2D eigenvalue weighted by Crippen LogP contribution is 2.44. The molecule has 10 rings (SSSR count). The lowest BCUT2D eigenvalue weighted by molar-refractivity contribution is 1.18. The highest BCUT2D eigenvalue weighted by atomic mass is 15.1. The predicted molar refractivity (Wildman–Crippen MR) is 221 cm³/mol. The summed E-state index contributed by atoms with van der Waals surface area (Å²) in [5.74, 6) is 0. The summed E-state index contributed by atoms with van der Waals surface area (Å²) in [5.41, 5.74) is 11.8. The number of fused-ring (bicyclic) bond motifs is 5. The normalized spacial score (nSPS) is 11.5. The minimum atomic E-state index is 1.12. The summed E-state index contributed by atoms with van der Waals surface area (Å²) < 4.78 is 2.38. The third-order valence-corrected chi connectivity index (χ3v) is 10.3. The largest absolute Gasteiger partial charge is 0.310 e. The molecule has 1 heterocycles. The van der Waals surface area contributed by atoms with E-state index in [4.69, 9.17) is 0 Å². The van der Waals surface area contributed by atoms with E-state index in [1.165, 1.54) is 65.6 Å². The highest BCUT2D eigenvalue weighted by molar-refractivity contribution is 6.16. The second-order valence-corrected chi connectivity index (χ2v) is 13.4. The van der Waals surface area contributed by atoms with E-state index in [-0.39, 0.29) is 0 Å². The number of nitrogens with zero attached hydrogens (tertiary/aromatic N) is 2. The second kappa shape index (κ2) is 12.5. The van der Waals surface area contributed by atoms with Crippen molar-refractivity contribution >= 4 is 60.4 Å². The molecule has 10 aromatic rings. The first-order valence-corrected chi connectivity index (χ1v) is 17.8. The van der Waals surface area contributed by atoms with Crippen molar-refractivity contribution in [3.05, 3.63) is 206 Å². The first-order valence-electron chi connectivity index (χ1n) is 17.8. The van der Waals surface area contributed by atoms with E-state index in [9.17, 15) is 0 Å². The van der Waals surface area contributed by atoms with E-state index in [0.29, 0.717) is 0 Å². The first-order chi connectivity index (χ1) is 25.8. The molecule has 244 valence electrons. The first kappa shape index (κ1) is 30.0. The lowest BCUT2D eigenvalue weighted by Gasteiger charge is -2.27. The van der Waals surface area contributed by atoms with Crippen molar-refractivity contribution in [1.29, 1.82) is 0 Å². The fourth-order valence-corrected chi connectivity index (χ4v) is 7.83. The van der Waals surface area contributed by atoms with E-state index in [0.717, 1.165) is 22.7 Å². The van der Waals surface area contributed by atoms with Gasteiger partial charge in [-0.1, -0.05) is 133 Å². The maximum absolute atomic E-state index is 2.41. The smallest absolute Gasteiger partial charge is 0.0562 e. The van der Waals surface area contributed by atoms with Gasteiger partial charge in [0.05, 0.1) is 16.7 Å². The topological polar surface area (TPSA) is 8.17 Å². The van der Waals surface area contributed by atoms with Crippen LogP contribution in [0, 0.1) is 0 Å². The molecule has 0 saturated heterocycles. The van der Waals surface area contributed by atoms with Crippen molar-refractivity contribution in [2.75, 3.05) is 4.90 Å². The van der Waals surface area contributed by atoms with Crippen molar-refractivity contribution < 1.29 is 0 Å². The van der Waals surface area contributed by atoms with Gasteiger partial charge >= 0.3 is 0 Å². The lowest BCUT2D eigenvalue weighted by atomic mass is 9.96. The minimum Gasteiger partial charge on any atom is -0.310 e. The minimum absolute atomic E-state index is 1.12. The van der Waals surface area contributed by atoms with Gasteiger partial charge in [-0.15, -0.1) is 0 Å². The number of rotatable bonds is 6. The molecule has 0 aliphatic carbocycles. The molecule has 52 heavy (non-hydrogen) atoms. The zero-order chi connectivity index (χ0) is 34.4. The van der Waals surface area contributed by atoms with Crippen LogP contribution in [0.2, 0.25) is 0 Å². The van der Waals surface area contributed by atoms with Crippen LogP contribution in [0.1, 0.15) is 0 Å². The number of aromatic nitrogens is 1. The molecule has 2 nitrogen and oxygen atoms in total. The Balaban J connectivity index is 1.09. The van der Waals surface area contributed by atoms with E-state index in [1.54, 1.807) is 0 Å². The van der Waals surface area contributed by atoms with Crippen LogP contribution in [0.15, 0.2) is 206 Å². The maximum Gasteiger partial charge on any atom is 0.0562 e. The van der Waals surface area contributed by atoms with Crippen molar-refractivity contribution in [3.63, 3.8) is 0 Å². The Bertz CT molecular complexity index is 2890. The Hall–Kier alpha value is -6.90.